The van der Waals surface area contributed by atoms with E-state index >= 15 is 0 Å². The first-order chi connectivity index (χ1) is 10.8. The molecule has 0 saturated carbocycles. The molecule has 22 heavy (non-hydrogen) atoms. The van der Waals surface area contributed by atoms with E-state index in [1.165, 1.54) is 6.42 Å². The van der Waals surface area contributed by atoms with Gasteiger partial charge in [-0.2, -0.15) is 0 Å². The van der Waals surface area contributed by atoms with Gasteiger partial charge in [-0.25, -0.2) is 0 Å². The summed E-state index contributed by atoms with van der Waals surface area (Å²) in [5, 5.41) is 0. The highest BCUT2D eigenvalue weighted by Gasteiger charge is 2.25. The van der Waals surface area contributed by atoms with Crippen molar-refractivity contribution in [3.63, 3.8) is 0 Å². The summed E-state index contributed by atoms with van der Waals surface area (Å²) in [6.07, 6.45) is 10.8. The van der Waals surface area contributed by atoms with Crippen molar-refractivity contribution in [2.24, 2.45) is 11.8 Å². The third-order valence-electron chi connectivity index (χ3n) is 4.23. The average Bonchev–Trinajstić information content (AvgIpc) is 2.56. The Morgan fingerprint density at radius 1 is 0.773 bits per heavy atom. The number of rotatable bonds is 8. The van der Waals surface area contributed by atoms with Crippen molar-refractivity contribution in [2.75, 3.05) is 26.4 Å². The summed E-state index contributed by atoms with van der Waals surface area (Å²) < 4.78 is 23.1. The zero-order valence-corrected chi connectivity index (χ0v) is 14.2. The number of ether oxygens (including phenoxy) is 4. The molecule has 2 heterocycles. The molecule has 0 aromatic rings. The van der Waals surface area contributed by atoms with E-state index in [0.29, 0.717) is 11.8 Å². The van der Waals surface area contributed by atoms with E-state index < -0.39 is 0 Å². The molecule has 2 saturated heterocycles. The fourth-order valence-electron chi connectivity index (χ4n) is 2.82. The molecule has 4 nitrogen and oxygen atoms in total. The Morgan fingerprint density at radius 3 is 2.05 bits per heavy atom. The Morgan fingerprint density at radius 2 is 1.41 bits per heavy atom. The molecule has 2 rings (SSSR count). The minimum atomic E-state index is -0.0517. The highest BCUT2D eigenvalue weighted by Crippen LogP contribution is 2.22. The van der Waals surface area contributed by atoms with Crippen LogP contribution in [0.3, 0.4) is 0 Å². The van der Waals surface area contributed by atoms with Crippen LogP contribution in [0.5, 0.6) is 0 Å². The van der Waals surface area contributed by atoms with Crippen molar-refractivity contribution in [1.82, 2.24) is 0 Å². The van der Waals surface area contributed by atoms with Crippen LogP contribution in [0, 0.1) is 11.8 Å². The van der Waals surface area contributed by atoms with Crippen LogP contribution in [0.15, 0.2) is 12.2 Å². The van der Waals surface area contributed by atoms with Gasteiger partial charge in [0.05, 0.1) is 26.4 Å². The molecular weight excluding hydrogens is 280 g/mol. The van der Waals surface area contributed by atoms with Crippen molar-refractivity contribution in [3.8, 4) is 0 Å². The maximum atomic E-state index is 5.82. The lowest BCUT2D eigenvalue weighted by Gasteiger charge is -2.32. The fraction of sp³-hybridized carbons (Fsp3) is 0.889. The molecule has 0 aliphatic carbocycles. The number of unbranched alkanes of at least 4 members (excludes halogenated alkanes) is 1. The van der Waals surface area contributed by atoms with Crippen LogP contribution in [0.4, 0.5) is 0 Å². The second-order valence-corrected chi connectivity index (χ2v) is 6.40. The minimum Gasteiger partial charge on any atom is -0.352 e. The van der Waals surface area contributed by atoms with E-state index in [0.717, 1.165) is 58.5 Å². The Bertz CT molecular complexity index is 302. The zero-order chi connectivity index (χ0) is 15.6. The van der Waals surface area contributed by atoms with Gasteiger partial charge in [0.1, 0.15) is 0 Å². The summed E-state index contributed by atoms with van der Waals surface area (Å²) in [4.78, 5) is 0. The Kier molecular flexibility index (Phi) is 8.45. The van der Waals surface area contributed by atoms with Gasteiger partial charge in [0.2, 0.25) is 0 Å². The molecule has 0 amide bonds. The molecule has 0 atom stereocenters. The molecule has 2 aliphatic rings. The van der Waals surface area contributed by atoms with Gasteiger partial charge in [-0.15, -0.1) is 0 Å². The lowest BCUT2D eigenvalue weighted by molar-refractivity contribution is -0.215. The van der Waals surface area contributed by atoms with E-state index in [1.807, 2.05) is 0 Å². The number of hydrogen-bond donors (Lipinski definition) is 0. The van der Waals surface area contributed by atoms with E-state index in [-0.39, 0.29) is 12.6 Å². The Hall–Kier alpha value is -0.420. The van der Waals surface area contributed by atoms with Gasteiger partial charge < -0.3 is 18.9 Å². The third-order valence-corrected chi connectivity index (χ3v) is 4.23. The van der Waals surface area contributed by atoms with E-state index in [1.54, 1.807) is 0 Å². The standard InChI is InChI=1S/C18H32O4/c1-3-5-6-8-15-11-21-18(22-12-15)10-9-16-13-19-17(7-4-2)20-14-16/h6,8,15-18H,3-5,7,9-14H2,1-2H3. The highest BCUT2D eigenvalue weighted by molar-refractivity contribution is 4.89. The van der Waals surface area contributed by atoms with Crippen molar-refractivity contribution in [3.05, 3.63) is 12.2 Å². The molecule has 2 aliphatic heterocycles. The summed E-state index contributed by atoms with van der Waals surface area (Å²) in [5.41, 5.74) is 0. The predicted molar refractivity (Wildman–Crippen MR) is 86.6 cm³/mol. The van der Waals surface area contributed by atoms with E-state index in [9.17, 15) is 0 Å². The SMILES string of the molecule is CCCC=CC1COC(CCC2COC(CCC)OC2)OC1. The Balaban J connectivity index is 1.55. The van der Waals surface area contributed by atoms with Crippen molar-refractivity contribution < 1.29 is 18.9 Å². The summed E-state index contributed by atoms with van der Waals surface area (Å²) >= 11 is 0. The number of allylic oxidation sites excluding steroid dienone is 1. The molecule has 0 spiro atoms. The van der Waals surface area contributed by atoms with Crippen molar-refractivity contribution in [2.45, 2.75) is 65.0 Å². The van der Waals surface area contributed by atoms with Gasteiger partial charge >= 0.3 is 0 Å². The second-order valence-electron chi connectivity index (χ2n) is 6.40. The molecule has 128 valence electrons. The van der Waals surface area contributed by atoms with Gasteiger partial charge in [0.25, 0.3) is 0 Å². The van der Waals surface area contributed by atoms with Gasteiger partial charge in [-0.3, -0.25) is 0 Å². The molecule has 0 unspecified atom stereocenters. The van der Waals surface area contributed by atoms with Gasteiger partial charge in [-0.05, 0) is 25.7 Å². The van der Waals surface area contributed by atoms with Crippen LogP contribution in [-0.4, -0.2) is 39.0 Å². The first kappa shape index (κ1) is 17.9. The monoisotopic (exact) mass is 312 g/mol. The molecule has 0 radical (unpaired) electrons. The van der Waals surface area contributed by atoms with Crippen LogP contribution in [0.1, 0.15) is 52.4 Å². The van der Waals surface area contributed by atoms with Crippen LogP contribution in [0.2, 0.25) is 0 Å². The molecule has 0 N–H and O–H groups in total. The maximum absolute atomic E-state index is 5.82. The van der Waals surface area contributed by atoms with Gasteiger partial charge in [0.15, 0.2) is 12.6 Å². The van der Waals surface area contributed by atoms with E-state index in [2.05, 4.69) is 26.0 Å². The molecule has 2 fully saturated rings. The highest BCUT2D eigenvalue weighted by atomic mass is 16.7. The Labute approximate surface area is 135 Å². The van der Waals surface area contributed by atoms with Crippen LogP contribution < -0.4 is 0 Å². The lowest BCUT2D eigenvalue weighted by Crippen LogP contribution is -2.34. The van der Waals surface area contributed by atoms with Gasteiger partial charge in [0, 0.05) is 11.8 Å². The first-order valence-electron chi connectivity index (χ1n) is 8.94. The van der Waals surface area contributed by atoms with Crippen LogP contribution >= 0.6 is 0 Å². The molecule has 0 aromatic carbocycles. The lowest BCUT2D eigenvalue weighted by atomic mass is 10.0. The predicted octanol–water partition coefficient (Wildman–Crippen LogP) is 3.90. The summed E-state index contributed by atoms with van der Waals surface area (Å²) in [6, 6.07) is 0. The van der Waals surface area contributed by atoms with Gasteiger partial charge in [-0.1, -0.05) is 38.8 Å². The fourth-order valence-corrected chi connectivity index (χ4v) is 2.82. The normalized spacial score (nSPS) is 33.4. The summed E-state index contributed by atoms with van der Waals surface area (Å²) in [5.74, 6) is 0.890. The third kappa shape index (κ3) is 6.37. The van der Waals surface area contributed by atoms with Crippen molar-refractivity contribution in [1.29, 1.82) is 0 Å². The maximum Gasteiger partial charge on any atom is 0.157 e. The summed E-state index contributed by atoms with van der Waals surface area (Å²) in [6.45, 7) is 7.51. The second kappa shape index (κ2) is 10.4. The first-order valence-corrected chi connectivity index (χ1v) is 8.94. The topological polar surface area (TPSA) is 36.9 Å². The average molecular weight is 312 g/mol. The summed E-state index contributed by atoms with van der Waals surface area (Å²) in [7, 11) is 0. The molecular formula is C18H32O4. The smallest absolute Gasteiger partial charge is 0.157 e. The molecule has 4 heteroatoms. The zero-order valence-electron chi connectivity index (χ0n) is 14.2. The molecule has 0 bridgehead atoms. The van der Waals surface area contributed by atoms with Crippen LogP contribution in [-0.2, 0) is 18.9 Å². The molecule has 0 aromatic heterocycles. The number of hydrogen-bond acceptors (Lipinski definition) is 4. The van der Waals surface area contributed by atoms with Crippen molar-refractivity contribution >= 4 is 0 Å². The largest absolute Gasteiger partial charge is 0.352 e. The quantitative estimate of drug-likeness (QED) is 0.637. The minimum absolute atomic E-state index is 0.0131. The van der Waals surface area contributed by atoms with E-state index in [4.69, 9.17) is 18.9 Å². The van der Waals surface area contributed by atoms with Crippen LogP contribution in [0.25, 0.3) is 0 Å².